The van der Waals surface area contributed by atoms with E-state index in [1.165, 1.54) is 6.07 Å². The summed E-state index contributed by atoms with van der Waals surface area (Å²) < 4.78 is 77.1. The molecule has 0 saturated carbocycles. The summed E-state index contributed by atoms with van der Waals surface area (Å²) in [5, 5.41) is 9.76. The number of hydrogen-bond donors (Lipinski definition) is 0. The molecule has 7 nitrogen and oxygen atoms in total. The van der Waals surface area contributed by atoms with Crippen molar-refractivity contribution < 1.29 is 31.9 Å². The van der Waals surface area contributed by atoms with Gasteiger partial charge in [-0.05, 0) is 25.1 Å². The van der Waals surface area contributed by atoms with E-state index in [2.05, 4.69) is 9.17 Å². The van der Waals surface area contributed by atoms with Gasteiger partial charge in [-0.3, -0.25) is 9.17 Å². The molecule has 0 radical (unpaired) electrons. The van der Waals surface area contributed by atoms with Crippen LogP contribution in [0, 0.1) is 11.3 Å². The molecule has 1 saturated heterocycles. The summed E-state index contributed by atoms with van der Waals surface area (Å²) in [5.41, 5.74) is -4.29. The fourth-order valence-corrected chi connectivity index (χ4v) is 3.45. The number of hydrogen-bond acceptors (Lipinski definition) is 7. The number of nitrogens with zero attached hydrogens (tertiary/aromatic N) is 3. The number of alkyl halides is 3. The molecule has 1 aromatic heterocycles. The van der Waals surface area contributed by atoms with Crippen molar-refractivity contribution in [3.8, 4) is 6.07 Å². The van der Waals surface area contributed by atoms with Crippen molar-refractivity contribution in [2.24, 2.45) is 0 Å². The smallest absolute Gasteiger partial charge is 0.369 e. The first kappa shape index (κ1) is 18.9. The molecule has 11 heteroatoms. The van der Waals surface area contributed by atoms with Crippen molar-refractivity contribution in [1.82, 2.24) is 4.98 Å². The molecule has 3 rings (SSSR count). The maximum atomic E-state index is 12.5. The van der Waals surface area contributed by atoms with Gasteiger partial charge in [-0.1, -0.05) is 6.07 Å². The number of pyridine rings is 1. The normalized spacial score (nSPS) is 21.4. The highest BCUT2D eigenvalue weighted by Crippen LogP contribution is 2.30. The number of morpholine rings is 1. The summed E-state index contributed by atoms with van der Waals surface area (Å²) in [6.07, 6.45) is -1.50. The van der Waals surface area contributed by atoms with Crippen molar-refractivity contribution in [3.05, 3.63) is 36.0 Å². The molecule has 2 heterocycles. The van der Waals surface area contributed by atoms with Crippen LogP contribution in [0.5, 0.6) is 0 Å². The Kier molecular flexibility index (Phi) is 5.09. The van der Waals surface area contributed by atoms with Gasteiger partial charge in [0, 0.05) is 30.3 Å². The highest BCUT2D eigenvalue weighted by Gasteiger charge is 2.47. The predicted octanol–water partition coefficient (Wildman–Crippen LogP) is 2.57. The Bertz CT molecular complexity index is 1070. The monoisotopic (exact) mass is 416 g/mol. The van der Waals surface area contributed by atoms with Crippen LogP contribution >= 0.6 is 0 Å². The fourth-order valence-electron chi connectivity index (χ4n) is 2.98. The SMILES string of the molecule is [2H]c1nc2cccc(N3C[C@H](COS(=O)(=O)C(F)(F)F)O[C@H](C)C3)c2cc1C#N. The van der Waals surface area contributed by atoms with E-state index in [0.717, 1.165) is 0 Å². The van der Waals surface area contributed by atoms with Crippen LogP contribution in [0.2, 0.25) is 0 Å². The molecule has 0 unspecified atom stereocenters. The molecule has 28 heavy (non-hydrogen) atoms. The Balaban J connectivity index is 1.87. The van der Waals surface area contributed by atoms with Gasteiger partial charge in [-0.15, -0.1) is 0 Å². The van der Waals surface area contributed by atoms with Gasteiger partial charge in [0.25, 0.3) is 0 Å². The van der Waals surface area contributed by atoms with Gasteiger partial charge >= 0.3 is 15.6 Å². The third-order valence-corrected chi connectivity index (χ3v) is 5.14. The van der Waals surface area contributed by atoms with Gasteiger partial charge in [-0.25, -0.2) is 0 Å². The fraction of sp³-hybridized carbons (Fsp3) is 0.412. The molecule has 0 amide bonds. The average molecular weight is 416 g/mol. The lowest BCUT2D eigenvalue weighted by Crippen LogP contribution is -2.49. The number of benzene rings is 1. The van der Waals surface area contributed by atoms with Crippen LogP contribution in [0.3, 0.4) is 0 Å². The zero-order valence-electron chi connectivity index (χ0n) is 15.6. The van der Waals surface area contributed by atoms with Crippen LogP contribution in [-0.4, -0.2) is 50.8 Å². The molecule has 2 atom stereocenters. The molecule has 1 fully saturated rings. The Morgan fingerprint density at radius 1 is 1.46 bits per heavy atom. The molecular weight excluding hydrogens is 399 g/mol. The van der Waals surface area contributed by atoms with Gasteiger partial charge in [0.1, 0.15) is 12.2 Å². The Labute approximate surface area is 160 Å². The lowest BCUT2D eigenvalue weighted by Gasteiger charge is -2.38. The van der Waals surface area contributed by atoms with E-state index in [4.69, 9.17) is 11.4 Å². The second-order valence-corrected chi connectivity index (χ2v) is 7.87. The number of halogens is 3. The molecule has 1 aromatic carbocycles. The van der Waals surface area contributed by atoms with E-state index in [1.807, 2.05) is 6.07 Å². The van der Waals surface area contributed by atoms with E-state index in [9.17, 15) is 21.6 Å². The van der Waals surface area contributed by atoms with Crippen LogP contribution < -0.4 is 4.90 Å². The molecule has 150 valence electrons. The summed E-state index contributed by atoms with van der Waals surface area (Å²) in [5.74, 6) is 0. The summed E-state index contributed by atoms with van der Waals surface area (Å²) in [6, 6.07) is 8.56. The van der Waals surface area contributed by atoms with E-state index in [-0.39, 0.29) is 18.3 Å². The standard InChI is InChI=1S/C17H16F3N3O4S/c1-11-8-23(9-13(27-11)10-26-28(24,25)17(18,19)20)16-4-2-3-15-14(16)5-12(6-21)7-22-15/h2-5,7,11,13H,8-10H2,1H3/t11-,13-/m1/s1/i7D. The largest absolute Gasteiger partial charge is 0.523 e. The van der Waals surface area contributed by atoms with E-state index < -0.39 is 34.4 Å². The minimum atomic E-state index is -5.71. The summed E-state index contributed by atoms with van der Waals surface area (Å²) in [7, 11) is -5.71. The Hall–Kier alpha value is -2.42. The van der Waals surface area contributed by atoms with E-state index in [0.29, 0.717) is 23.1 Å². The van der Waals surface area contributed by atoms with Crippen LogP contribution in [0.25, 0.3) is 10.9 Å². The number of anilines is 1. The topological polar surface area (TPSA) is 92.5 Å². The van der Waals surface area contributed by atoms with Crippen molar-refractivity contribution in [2.45, 2.75) is 24.6 Å². The van der Waals surface area contributed by atoms with Crippen LogP contribution in [-0.2, 0) is 19.0 Å². The van der Waals surface area contributed by atoms with Gasteiger partial charge in [0.15, 0.2) is 0 Å². The lowest BCUT2D eigenvalue weighted by atomic mass is 10.1. The molecule has 0 aliphatic carbocycles. The van der Waals surface area contributed by atoms with Gasteiger partial charge in [-0.2, -0.15) is 26.9 Å². The summed E-state index contributed by atoms with van der Waals surface area (Å²) >= 11 is 0. The predicted molar refractivity (Wildman–Crippen MR) is 93.9 cm³/mol. The van der Waals surface area contributed by atoms with Crippen molar-refractivity contribution in [1.29, 1.82) is 5.26 Å². The molecule has 1 aliphatic rings. The Morgan fingerprint density at radius 2 is 2.21 bits per heavy atom. The molecular formula is C17H16F3N3O4S. The third kappa shape index (κ3) is 4.19. The lowest BCUT2D eigenvalue weighted by molar-refractivity contribution is -0.0656. The maximum absolute atomic E-state index is 12.5. The molecule has 1 aliphatic heterocycles. The molecule has 0 spiro atoms. The number of ether oxygens (including phenoxy) is 1. The summed E-state index contributed by atoms with van der Waals surface area (Å²) in [4.78, 5) is 5.90. The van der Waals surface area contributed by atoms with Gasteiger partial charge in [0.2, 0.25) is 0 Å². The quantitative estimate of drug-likeness (QED) is 0.559. The summed E-state index contributed by atoms with van der Waals surface area (Å²) in [6.45, 7) is 1.36. The van der Waals surface area contributed by atoms with Crippen molar-refractivity contribution >= 4 is 26.7 Å². The van der Waals surface area contributed by atoms with E-state index >= 15 is 0 Å². The van der Waals surface area contributed by atoms with Crippen LogP contribution in [0.4, 0.5) is 18.9 Å². The van der Waals surface area contributed by atoms with E-state index in [1.54, 1.807) is 30.0 Å². The van der Waals surface area contributed by atoms with Crippen LogP contribution in [0.15, 0.2) is 30.4 Å². The third-order valence-electron chi connectivity index (χ3n) is 4.13. The van der Waals surface area contributed by atoms with Crippen LogP contribution in [0.1, 0.15) is 13.9 Å². The zero-order valence-corrected chi connectivity index (χ0v) is 15.4. The molecule has 0 bridgehead atoms. The van der Waals surface area contributed by atoms with Crippen molar-refractivity contribution in [3.63, 3.8) is 0 Å². The maximum Gasteiger partial charge on any atom is 0.523 e. The minimum Gasteiger partial charge on any atom is -0.369 e. The minimum absolute atomic E-state index is 0.0708. The number of rotatable bonds is 4. The average Bonchev–Trinajstić information content (AvgIpc) is 2.64. The first-order chi connectivity index (χ1) is 13.5. The second kappa shape index (κ2) is 7.54. The highest BCUT2D eigenvalue weighted by atomic mass is 32.2. The number of fused-ring (bicyclic) bond motifs is 1. The molecule has 2 aromatic rings. The molecule has 0 N–H and O–H groups in total. The zero-order chi connectivity index (χ0) is 21.4. The highest BCUT2D eigenvalue weighted by molar-refractivity contribution is 7.87. The Morgan fingerprint density at radius 3 is 2.89 bits per heavy atom. The van der Waals surface area contributed by atoms with Gasteiger partial charge < -0.3 is 9.64 Å². The second-order valence-electron chi connectivity index (χ2n) is 6.26. The first-order valence-electron chi connectivity index (χ1n) is 8.68. The first-order valence-corrected chi connectivity index (χ1v) is 9.59. The van der Waals surface area contributed by atoms with Gasteiger partial charge in [0.05, 0.1) is 25.2 Å². The number of nitriles is 1. The number of aromatic nitrogens is 1. The van der Waals surface area contributed by atoms with Crippen molar-refractivity contribution in [2.75, 3.05) is 24.6 Å².